The van der Waals surface area contributed by atoms with Crippen LogP contribution in [0.1, 0.15) is 22.8 Å². The zero-order chi connectivity index (χ0) is 16.8. The van der Waals surface area contributed by atoms with Gasteiger partial charge in [-0.3, -0.25) is 4.79 Å². The van der Waals surface area contributed by atoms with Crippen molar-refractivity contribution in [3.05, 3.63) is 76.6 Å². The maximum atomic E-state index is 13.0. The number of hydrogen-bond acceptors (Lipinski definition) is 3. The summed E-state index contributed by atoms with van der Waals surface area (Å²) in [4.78, 5) is 23.8. The molecule has 23 heavy (non-hydrogen) atoms. The molecule has 2 rings (SSSR count). The van der Waals surface area contributed by atoms with Gasteiger partial charge in [0, 0.05) is 16.7 Å². The summed E-state index contributed by atoms with van der Waals surface area (Å²) in [7, 11) is 0. The maximum absolute atomic E-state index is 13.0. The predicted octanol–water partition coefficient (Wildman–Crippen LogP) is 4.31. The lowest BCUT2D eigenvalue weighted by Gasteiger charge is -2.10. The molecule has 0 aliphatic carbocycles. The third kappa shape index (κ3) is 5.04. The second-order valence-electron chi connectivity index (χ2n) is 4.84. The number of rotatable bonds is 5. The predicted molar refractivity (Wildman–Crippen MR) is 86.8 cm³/mol. The molecule has 0 amide bonds. The van der Waals surface area contributed by atoms with Gasteiger partial charge in [0.05, 0.1) is 0 Å². The second kappa shape index (κ2) is 7.70. The number of halogens is 2. The normalized spacial score (nSPS) is 12.1. The van der Waals surface area contributed by atoms with E-state index in [4.69, 9.17) is 16.3 Å². The Labute approximate surface area is 138 Å². The van der Waals surface area contributed by atoms with Gasteiger partial charge in [0.1, 0.15) is 5.82 Å². The molecule has 118 valence electrons. The number of Topliss-reactive ketones (excluding diaryl/α,β-unsaturated/α-hetero) is 1. The number of esters is 1. The number of ether oxygens (including phenoxy) is 1. The Morgan fingerprint density at radius 2 is 1.87 bits per heavy atom. The third-order valence-electron chi connectivity index (χ3n) is 3.05. The van der Waals surface area contributed by atoms with Crippen molar-refractivity contribution in [2.45, 2.75) is 13.0 Å². The van der Waals surface area contributed by atoms with Crippen LogP contribution in [-0.2, 0) is 9.53 Å². The molecule has 2 aromatic rings. The van der Waals surface area contributed by atoms with Gasteiger partial charge in [-0.1, -0.05) is 23.7 Å². The molecule has 0 fully saturated rings. The van der Waals surface area contributed by atoms with Crippen molar-refractivity contribution in [2.24, 2.45) is 0 Å². The Morgan fingerprint density at radius 3 is 2.52 bits per heavy atom. The Hall–Kier alpha value is -2.46. The molecular weight excluding hydrogens is 319 g/mol. The van der Waals surface area contributed by atoms with Gasteiger partial charge < -0.3 is 4.74 Å². The van der Waals surface area contributed by atoms with E-state index in [2.05, 4.69) is 0 Å². The van der Waals surface area contributed by atoms with Crippen molar-refractivity contribution >= 4 is 29.4 Å². The van der Waals surface area contributed by atoms with Crippen molar-refractivity contribution < 1.29 is 18.7 Å². The lowest BCUT2D eigenvalue weighted by molar-refractivity contribution is -0.140. The summed E-state index contributed by atoms with van der Waals surface area (Å²) in [5.41, 5.74) is 0.933. The highest BCUT2D eigenvalue weighted by atomic mass is 35.5. The largest absolute Gasteiger partial charge is 0.451 e. The van der Waals surface area contributed by atoms with Crippen LogP contribution in [0, 0.1) is 5.82 Å². The molecule has 0 aromatic heterocycles. The van der Waals surface area contributed by atoms with Gasteiger partial charge >= 0.3 is 5.97 Å². The average molecular weight is 333 g/mol. The van der Waals surface area contributed by atoms with E-state index in [0.717, 1.165) is 6.08 Å². The van der Waals surface area contributed by atoms with E-state index in [1.165, 1.54) is 31.2 Å². The van der Waals surface area contributed by atoms with E-state index < -0.39 is 17.9 Å². The molecular formula is C18H14ClFO3. The van der Waals surface area contributed by atoms with Gasteiger partial charge in [-0.15, -0.1) is 0 Å². The van der Waals surface area contributed by atoms with E-state index in [9.17, 15) is 14.0 Å². The van der Waals surface area contributed by atoms with Gasteiger partial charge in [-0.2, -0.15) is 0 Å². The molecule has 0 heterocycles. The molecule has 0 aliphatic heterocycles. The molecule has 3 nitrogen and oxygen atoms in total. The van der Waals surface area contributed by atoms with Crippen LogP contribution in [0.25, 0.3) is 6.08 Å². The Bertz CT molecular complexity index is 738. The number of ketones is 1. The maximum Gasteiger partial charge on any atom is 0.331 e. The summed E-state index contributed by atoms with van der Waals surface area (Å²) >= 11 is 5.76. The summed E-state index contributed by atoms with van der Waals surface area (Å²) in [6.45, 7) is 1.49. The lowest BCUT2D eigenvalue weighted by Crippen LogP contribution is -2.23. The first-order chi connectivity index (χ1) is 11.0. The van der Waals surface area contributed by atoms with E-state index in [0.29, 0.717) is 16.1 Å². The van der Waals surface area contributed by atoms with Gasteiger partial charge in [0.2, 0.25) is 5.78 Å². The number of carbonyl (C=O) groups excluding carboxylic acids is 2. The summed E-state index contributed by atoms with van der Waals surface area (Å²) in [5, 5.41) is 0.518. The van der Waals surface area contributed by atoms with Gasteiger partial charge in [-0.05, 0) is 55.0 Å². The van der Waals surface area contributed by atoms with Crippen molar-refractivity contribution in [3.8, 4) is 0 Å². The molecule has 0 saturated carbocycles. The molecule has 0 saturated heterocycles. The number of carbonyl (C=O) groups is 2. The van der Waals surface area contributed by atoms with Gasteiger partial charge in [0.25, 0.3) is 0 Å². The molecule has 0 bridgehead atoms. The third-order valence-corrected chi connectivity index (χ3v) is 3.30. The average Bonchev–Trinajstić information content (AvgIpc) is 2.53. The van der Waals surface area contributed by atoms with Crippen LogP contribution in [0.3, 0.4) is 0 Å². The highest BCUT2D eigenvalue weighted by Gasteiger charge is 2.18. The smallest absolute Gasteiger partial charge is 0.331 e. The highest BCUT2D eigenvalue weighted by molar-refractivity contribution is 6.30. The van der Waals surface area contributed by atoms with Gasteiger partial charge in [-0.25, -0.2) is 9.18 Å². The van der Waals surface area contributed by atoms with Crippen molar-refractivity contribution in [1.82, 2.24) is 0 Å². The van der Waals surface area contributed by atoms with Crippen LogP contribution < -0.4 is 0 Å². The first-order valence-corrected chi connectivity index (χ1v) is 7.27. The fourth-order valence-electron chi connectivity index (χ4n) is 1.89. The standard InChI is InChI=1S/C18H14ClFO3/c1-12(18(22)14-6-8-15(19)9-7-14)23-17(21)10-5-13-3-2-4-16(20)11-13/h2-12H,1H3/b10-5+/t12-/m0/s1. The van der Waals surface area contributed by atoms with Crippen molar-refractivity contribution in [3.63, 3.8) is 0 Å². The molecule has 2 aromatic carbocycles. The SMILES string of the molecule is C[C@H](OC(=O)/C=C/c1cccc(F)c1)C(=O)c1ccc(Cl)cc1. The van der Waals surface area contributed by atoms with Crippen LogP contribution in [0.2, 0.25) is 5.02 Å². The summed E-state index contributed by atoms with van der Waals surface area (Å²) < 4.78 is 18.1. The van der Waals surface area contributed by atoms with E-state index in [1.807, 2.05) is 0 Å². The van der Waals surface area contributed by atoms with Crippen LogP contribution in [0.5, 0.6) is 0 Å². The van der Waals surface area contributed by atoms with Gasteiger partial charge in [0.15, 0.2) is 6.10 Å². The lowest BCUT2D eigenvalue weighted by atomic mass is 10.1. The Kier molecular flexibility index (Phi) is 5.66. The Morgan fingerprint density at radius 1 is 1.17 bits per heavy atom. The first kappa shape index (κ1) is 16.9. The fourth-order valence-corrected chi connectivity index (χ4v) is 2.02. The molecule has 0 N–H and O–H groups in total. The van der Waals surface area contributed by atoms with E-state index >= 15 is 0 Å². The number of benzene rings is 2. The topological polar surface area (TPSA) is 43.4 Å². The number of hydrogen-bond donors (Lipinski definition) is 0. The summed E-state index contributed by atoms with van der Waals surface area (Å²) in [6, 6.07) is 12.1. The minimum atomic E-state index is -0.930. The molecule has 0 unspecified atom stereocenters. The molecule has 0 aliphatic rings. The fraction of sp³-hybridized carbons (Fsp3) is 0.111. The molecule has 0 spiro atoms. The van der Waals surface area contributed by atoms with Crippen LogP contribution in [0.4, 0.5) is 4.39 Å². The molecule has 5 heteroatoms. The first-order valence-electron chi connectivity index (χ1n) is 6.90. The quantitative estimate of drug-likeness (QED) is 0.465. The highest BCUT2D eigenvalue weighted by Crippen LogP contribution is 2.13. The molecule has 0 radical (unpaired) electrons. The van der Waals surface area contributed by atoms with Crippen molar-refractivity contribution in [1.29, 1.82) is 0 Å². The van der Waals surface area contributed by atoms with Crippen LogP contribution in [0.15, 0.2) is 54.6 Å². The van der Waals surface area contributed by atoms with E-state index in [1.54, 1.807) is 30.3 Å². The molecule has 1 atom stereocenters. The second-order valence-corrected chi connectivity index (χ2v) is 5.28. The van der Waals surface area contributed by atoms with Crippen LogP contribution in [-0.4, -0.2) is 17.9 Å². The zero-order valence-corrected chi connectivity index (χ0v) is 13.1. The minimum Gasteiger partial charge on any atom is -0.451 e. The summed E-state index contributed by atoms with van der Waals surface area (Å²) in [6.07, 6.45) is 1.64. The van der Waals surface area contributed by atoms with Crippen molar-refractivity contribution in [2.75, 3.05) is 0 Å². The monoisotopic (exact) mass is 332 g/mol. The van der Waals surface area contributed by atoms with E-state index in [-0.39, 0.29) is 5.78 Å². The zero-order valence-electron chi connectivity index (χ0n) is 12.3. The summed E-state index contributed by atoms with van der Waals surface area (Å²) in [5.74, 6) is -1.40. The van der Waals surface area contributed by atoms with Crippen LogP contribution >= 0.6 is 11.6 Å². The minimum absolute atomic E-state index is 0.325. The Balaban J connectivity index is 1.96.